The van der Waals surface area contributed by atoms with Gasteiger partial charge in [0.2, 0.25) is 11.8 Å². The fourth-order valence-electron chi connectivity index (χ4n) is 4.25. The molecule has 0 aliphatic heterocycles. The monoisotopic (exact) mass is 497 g/mol. The van der Waals surface area contributed by atoms with Crippen molar-refractivity contribution in [1.29, 1.82) is 0 Å². The van der Waals surface area contributed by atoms with E-state index in [2.05, 4.69) is 10.6 Å². The molecule has 0 saturated heterocycles. The van der Waals surface area contributed by atoms with Gasteiger partial charge in [0.15, 0.2) is 5.76 Å². The highest BCUT2D eigenvalue weighted by Crippen LogP contribution is 2.32. The summed E-state index contributed by atoms with van der Waals surface area (Å²) in [7, 11) is 0. The summed E-state index contributed by atoms with van der Waals surface area (Å²) in [6.07, 6.45) is 6.35. The van der Waals surface area contributed by atoms with Crippen LogP contribution in [0, 0.1) is 12.7 Å². The maximum absolute atomic E-state index is 14.6. The molecule has 3 aromatic rings. The molecule has 1 fully saturated rings. The second kappa shape index (κ2) is 11.3. The molecule has 35 heavy (non-hydrogen) atoms. The van der Waals surface area contributed by atoms with Crippen molar-refractivity contribution in [3.05, 3.63) is 76.1 Å². The van der Waals surface area contributed by atoms with E-state index < -0.39 is 30.2 Å². The fraction of sp³-hybridized carbons (Fsp3) is 0.346. The van der Waals surface area contributed by atoms with Crippen LogP contribution >= 0.6 is 11.3 Å². The van der Waals surface area contributed by atoms with Crippen molar-refractivity contribution in [2.45, 2.75) is 51.1 Å². The van der Waals surface area contributed by atoms with E-state index in [1.54, 1.807) is 37.3 Å². The predicted octanol–water partition coefficient (Wildman–Crippen LogP) is 4.74. The van der Waals surface area contributed by atoms with Crippen molar-refractivity contribution in [2.75, 3.05) is 11.4 Å². The van der Waals surface area contributed by atoms with Crippen LogP contribution in [0.25, 0.3) is 0 Å². The molecule has 184 valence electrons. The number of hydrogen-bond acceptors (Lipinski definition) is 5. The van der Waals surface area contributed by atoms with Crippen molar-refractivity contribution in [2.24, 2.45) is 0 Å². The van der Waals surface area contributed by atoms with Gasteiger partial charge in [0.1, 0.15) is 11.9 Å². The smallest absolute Gasteiger partial charge is 0.287 e. The van der Waals surface area contributed by atoms with Crippen molar-refractivity contribution >= 4 is 34.7 Å². The maximum Gasteiger partial charge on any atom is 0.287 e. The zero-order chi connectivity index (χ0) is 24.8. The van der Waals surface area contributed by atoms with Crippen LogP contribution in [0.15, 0.2) is 58.5 Å². The Hall–Kier alpha value is -3.46. The van der Waals surface area contributed by atoms with Gasteiger partial charge < -0.3 is 15.1 Å². The van der Waals surface area contributed by atoms with E-state index in [9.17, 15) is 18.8 Å². The van der Waals surface area contributed by atoms with E-state index in [4.69, 9.17) is 4.42 Å². The third kappa shape index (κ3) is 5.97. The Balaban J connectivity index is 1.65. The van der Waals surface area contributed by atoms with Gasteiger partial charge in [0, 0.05) is 16.6 Å². The molecule has 7 nitrogen and oxygen atoms in total. The highest BCUT2D eigenvalue weighted by atomic mass is 32.1. The molecule has 9 heteroatoms. The van der Waals surface area contributed by atoms with Gasteiger partial charge in [0.05, 0.1) is 12.8 Å². The van der Waals surface area contributed by atoms with Gasteiger partial charge in [-0.3, -0.25) is 19.3 Å². The van der Waals surface area contributed by atoms with Gasteiger partial charge in [-0.25, -0.2) is 4.39 Å². The molecular formula is C26H28FN3O4S. The highest BCUT2D eigenvalue weighted by molar-refractivity contribution is 7.10. The summed E-state index contributed by atoms with van der Waals surface area (Å²) >= 11 is 1.34. The Labute approximate surface area is 207 Å². The summed E-state index contributed by atoms with van der Waals surface area (Å²) in [5, 5.41) is 7.47. The summed E-state index contributed by atoms with van der Waals surface area (Å²) in [6, 6.07) is 10.1. The molecule has 0 spiro atoms. The van der Waals surface area contributed by atoms with E-state index in [-0.39, 0.29) is 23.4 Å². The van der Waals surface area contributed by atoms with Crippen molar-refractivity contribution in [1.82, 2.24) is 10.6 Å². The molecule has 3 amide bonds. The van der Waals surface area contributed by atoms with Crippen LogP contribution in [-0.2, 0) is 9.59 Å². The van der Waals surface area contributed by atoms with E-state index in [1.807, 2.05) is 5.38 Å². The summed E-state index contributed by atoms with van der Waals surface area (Å²) < 4.78 is 19.6. The molecule has 1 saturated carbocycles. The Morgan fingerprint density at radius 1 is 1.14 bits per heavy atom. The second-order valence-electron chi connectivity index (χ2n) is 8.62. The second-order valence-corrected chi connectivity index (χ2v) is 9.60. The Morgan fingerprint density at radius 3 is 2.60 bits per heavy atom. The molecule has 1 aliphatic carbocycles. The molecule has 2 heterocycles. The minimum atomic E-state index is -1.01. The lowest BCUT2D eigenvalue weighted by Gasteiger charge is -2.33. The molecular weight excluding hydrogens is 469 g/mol. The number of carbonyl (C=O) groups excluding carboxylic acids is 3. The zero-order valence-electron chi connectivity index (χ0n) is 19.5. The van der Waals surface area contributed by atoms with Gasteiger partial charge in [-0.2, -0.15) is 0 Å². The van der Waals surface area contributed by atoms with Crippen LogP contribution in [0.3, 0.4) is 0 Å². The lowest BCUT2D eigenvalue weighted by molar-refractivity contribution is -0.126. The Morgan fingerprint density at radius 2 is 1.94 bits per heavy atom. The van der Waals surface area contributed by atoms with Gasteiger partial charge in [0.25, 0.3) is 5.91 Å². The fourth-order valence-corrected chi connectivity index (χ4v) is 5.06. The van der Waals surface area contributed by atoms with Crippen LogP contribution in [-0.4, -0.2) is 30.3 Å². The summed E-state index contributed by atoms with van der Waals surface area (Å²) in [5.41, 5.74) is 0.661. The predicted molar refractivity (Wildman–Crippen MR) is 132 cm³/mol. The van der Waals surface area contributed by atoms with E-state index in [0.717, 1.165) is 32.1 Å². The normalized spacial score (nSPS) is 14.8. The van der Waals surface area contributed by atoms with Gasteiger partial charge in [-0.15, -0.1) is 11.3 Å². The number of carbonyl (C=O) groups is 3. The molecule has 1 aromatic carbocycles. The van der Waals surface area contributed by atoms with Gasteiger partial charge in [-0.05, 0) is 61.0 Å². The molecule has 0 radical (unpaired) electrons. The van der Waals surface area contributed by atoms with Crippen LogP contribution < -0.4 is 15.5 Å². The lowest BCUT2D eigenvalue weighted by atomic mass is 9.95. The number of thiophene rings is 1. The number of aryl methyl sites for hydroxylation is 1. The first-order chi connectivity index (χ1) is 16.9. The zero-order valence-corrected chi connectivity index (χ0v) is 20.3. The van der Waals surface area contributed by atoms with Crippen LogP contribution in [0.2, 0.25) is 0 Å². The minimum Gasteiger partial charge on any atom is -0.459 e. The molecule has 2 aromatic heterocycles. The Bertz CT molecular complexity index is 1160. The van der Waals surface area contributed by atoms with E-state index in [0.29, 0.717) is 10.4 Å². The van der Waals surface area contributed by atoms with E-state index >= 15 is 0 Å². The maximum atomic E-state index is 14.6. The minimum absolute atomic E-state index is 0.0315. The molecule has 1 atom stereocenters. The lowest BCUT2D eigenvalue weighted by Crippen LogP contribution is -2.49. The first-order valence-electron chi connectivity index (χ1n) is 11.7. The number of halogens is 1. The molecule has 0 bridgehead atoms. The number of amides is 3. The third-order valence-electron chi connectivity index (χ3n) is 6.12. The number of rotatable bonds is 8. The average molecular weight is 498 g/mol. The number of furan rings is 1. The first kappa shape index (κ1) is 24.7. The van der Waals surface area contributed by atoms with Crippen LogP contribution in [0.4, 0.5) is 10.1 Å². The van der Waals surface area contributed by atoms with Gasteiger partial charge >= 0.3 is 0 Å². The summed E-state index contributed by atoms with van der Waals surface area (Å²) in [4.78, 5) is 41.4. The van der Waals surface area contributed by atoms with Crippen molar-refractivity contribution in [3.8, 4) is 0 Å². The average Bonchev–Trinajstić information content (AvgIpc) is 3.58. The molecule has 2 N–H and O–H groups in total. The molecule has 0 unspecified atom stereocenters. The number of nitrogens with zero attached hydrogens (tertiary/aromatic N) is 1. The SMILES string of the molecule is Cc1ccc(N(C(=O)CNC(=O)c2ccco2)[C@@H](C(=O)NC2CCCCC2)c2cccs2)cc1F. The standard InChI is InChI=1S/C26H28FN3O4S/c1-17-11-12-19(15-20(17)27)30(23(31)16-28-25(32)21-9-5-13-34-21)24(22-10-6-14-35-22)26(33)29-18-7-3-2-4-8-18/h5-6,9-15,18,24H,2-4,7-8,16H2,1H3,(H,28,32)(H,29,33)/t24-/m1/s1. The first-order valence-corrected chi connectivity index (χ1v) is 12.6. The van der Waals surface area contributed by atoms with E-state index in [1.165, 1.54) is 34.6 Å². The number of nitrogens with one attached hydrogen (secondary N) is 2. The van der Waals surface area contributed by atoms with Crippen molar-refractivity contribution in [3.63, 3.8) is 0 Å². The third-order valence-corrected chi connectivity index (χ3v) is 7.04. The molecule has 1 aliphatic rings. The number of anilines is 1. The van der Waals surface area contributed by atoms with Crippen LogP contribution in [0.5, 0.6) is 0 Å². The molecule has 4 rings (SSSR count). The number of benzene rings is 1. The largest absolute Gasteiger partial charge is 0.459 e. The number of hydrogen-bond donors (Lipinski definition) is 2. The Kier molecular flexibility index (Phi) is 7.97. The van der Waals surface area contributed by atoms with Crippen LogP contribution in [0.1, 0.15) is 59.1 Å². The quantitative estimate of drug-likeness (QED) is 0.470. The summed E-state index contributed by atoms with van der Waals surface area (Å²) in [6.45, 7) is 1.23. The van der Waals surface area contributed by atoms with Crippen molar-refractivity contribution < 1.29 is 23.2 Å². The topological polar surface area (TPSA) is 91.7 Å². The van der Waals surface area contributed by atoms with Gasteiger partial charge in [-0.1, -0.05) is 31.4 Å². The summed E-state index contributed by atoms with van der Waals surface area (Å²) in [5.74, 6) is -1.86. The highest BCUT2D eigenvalue weighted by Gasteiger charge is 2.35.